The van der Waals surface area contributed by atoms with Crippen molar-refractivity contribution in [3.05, 3.63) is 12.2 Å². The smallest absolute Gasteiger partial charge is 0.0351 e. The Labute approximate surface area is 109 Å². The Kier molecular flexibility index (Phi) is 8.48. The predicted molar refractivity (Wildman–Crippen MR) is 78.3 cm³/mol. The fourth-order valence-corrected chi connectivity index (χ4v) is 3.05. The summed E-state index contributed by atoms with van der Waals surface area (Å²) in [5.74, 6) is 2.02. The van der Waals surface area contributed by atoms with E-state index >= 15 is 0 Å². The molecule has 1 unspecified atom stereocenters. The lowest BCUT2D eigenvalue weighted by atomic mass is 9.79. The van der Waals surface area contributed by atoms with E-state index in [2.05, 4.69) is 26.0 Å². The van der Waals surface area contributed by atoms with Gasteiger partial charge in [-0.15, -0.1) is 0 Å². The van der Waals surface area contributed by atoms with E-state index in [1.807, 2.05) is 0 Å². The molecule has 0 nitrogen and oxygen atoms in total. The average molecular weight is 236 g/mol. The second-order valence-corrected chi connectivity index (χ2v) is 5.92. The molecule has 0 radical (unpaired) electrons. The van der Waals surface area contributed by atoms with Crippen LogP contribution in [0.4, 0.5) is 0 Å². The van der Waals surface area contributed by atoms with Gasteiger partial charge in [0.1, 0.15) is 0 Å². The summed E-state index contributed by atoms with van der Waals surface area (Å²) in [6, 6.07) is 0. The SMILES string of the molecule is CCCC/C=C/CCCC(C)C1CCCCC1. The third-order valence-electron chi connectivity index (χ3n) is 4.38. The monoisotopic (exact) mass is 236 g/mol. The molecule has 0 aromatic rings. The van der Waals surface area contributed by atoms with Gasteiger partial charge in [0.05, 0.1) is 0 Å². The first-order valence-corrected chi connectivity index (χ1v) is 7.99. The zero-order chi connectivity index (χ0) is 12.3. The molecule has 0 heterocycles. The fourth-order valence-electron chi connectivity index (χ4n) is 3.05. The van der Waals surface area contributed by atoms with Crippen molar-refractivity contribution in [1.29, 1.82) is 0 Å². The van der Waals surface area contributed by atoms with Crippen LogP contribution >= 0.6 is 0 Å². The molecule has 0 aromatic carbocycles. The summed E-state index contributed by atoms with van der Waals surface area (Å²) in [7, 11) is 0. The Morgan fingerprint density at radius 1 is 1.00 bits per heavy atom. The highest BCUT2D eigenvalue weighted by atomic mass is 14.2. The zero-order valence-corrected chi connectivity index (χ0v) is 12.1. The number of rotatable bonds is 8. The van der Waals surface area contributed by atoms with Gasteiger partial charge in [-0.3, -0.25) is 0 Å². The molecular weight excluding hydrogens is 204 g/mol. The van der Waals surface area contributed by atoms with Gasteiger partial charge in [0.2, 0.25) is 0 Å². The fraction of sp³-hybridized carbons (Fsp3) is 0.882. The largest absolute Gasteiger partial charge is 0.0885 e. The average Bonchev–Trinajstić information content (AvgIpc) is 2.38. The van der Waals surface area contributed by atoms with Crippen LogP contribution in [-0.2, 0) is 0 Å². The van der Waals surface area contributed by atoms with Crippen LogP contribution < -0.4 is 0 Å². The van der Waals surface area contributed by atoms with E-state index in [1.54, 1.807) is 0 Å². The molecule has 100 valence electrons. The molecular formula is C17H32. The van der Waals surface area contributed by atoms with Gasteiger partial charge < -0.3 is 0 Å². The summed E-state index contributed by atoms with van der Waals surface area (Å²) in [6.45, 7) is 4.75. The predicted octanol–water partition coefficient (Wildman–Crippen LogP) is 6.12. The standard InChI is InChI=1S/C17H32/c1-3-4-5-6-7-8-10-13-16(2)17-14-11-9-12-15-17/h6-7,16-17H,3-5,8-15H2,1-2H3/b7-6+. The first kappa shape index (κ1) is 14.8. The Bertz CT molecular complexity index is 186. The second kappa shape index (κ2) is 9.74. The van der Waals surface area contributed by atoms with E-state index < -0.39 is 0 Å². The molecule has 0 saturated heterocycles. The number of hydrogen-bond acceptors (Lipinski definition) is 0. The van der Waals surface area contributed by atoms with E-state index in [9.17, 15) is 0 Å². The van der Waals surface area contributed by atoms with Crippen molar-refractivity contribution in [2.45, 2.75) is 84.5 Å². The van der Waals surface area contributed by atoms with Crippen LogP contribution in [0.2, 0.25) is 0 Å². The van der Waals surface area contributed by atoms with Gasteiger partial charge in [-0.25, -0.2) is 0 Å². The van der Waals surface area contributed by atoms with Crippen molar-refractivity contribution < 1.29 is 0 Å². The van der Waals surface area contributed by atoms with Crippen LogP contribution in [0.5, 0.6) is 0 Å². The van der Waals surface area contributed by atoms with Crippen LogP contribution in [0.25, 0.3) is 0 Å². The summed E-state index contributed by atoms with van der Waals surface area (Å²) in [5, 5.41) is 0. The molecule has 0 N–H and O–H groups in total. The van der Waals surface area contributed by atoms with E-state index in [0.29, 0.717) is 0 Å². The summed E-state index contributed by atoms with van der Waals surface area (Å²) >= 11 is 0. The van der Waals surface area contributed by atoms with E-state index in [-0.39, 0.29) is 0 Å². The van der Waals surface area contributed by atoms with Gasteiger partial charge >= 0.3 is 0 Å². The highest BCUT2D eigenvalue weighted by molar-refractivity contribution is 4.81. The third kappa shape index (κ3) is 6.91. The van der Waals surface area contributed by atoms with Crippen LogP contribution in [0.3, 0.4) is 0 Å². The Balaban J connectivity index is 1.99. The maximum Gasteiger partial charge on any atom is -0.0351 e. The topological polar surface area (TPSA) is 0 Å². The summed E-state index contributed by atoms with van der Waals surface area (Å²) < 4.78 is 0. The minimum Gasteiger partial charge on any atom is -0.0885 e. The molecule has 1 atom stereocenters. The van der Waals surface area contributed by atoms with Crippen LogP contribution in [-0.4, -0.2) is 0 Å². The van der Waals surface area contributed by atoms with Crippen molar-refractivity contribution in [1.82, 2.24) is 0 Å². The van der Waals surface area contributed by atoms with Gasteiger partial charge in [0.15, 0.2) is 0 Å². The van der Waals surface area contributed by atoms with Crippen LogP contribution in [0.1, 0.15) is 84.5 Å². The maximum absolute atomic E-state index is 2.48. The molecule has 1 aliphatic carbocycles. The highest BCUT2D eigenvalue weighted by Gasteiger charge is 2.19. The Hall–Kier alpha value is -0.260. The summed E-state index contributed by atoms with van der Waals surface area (Å²) in [5.41, 5.74) is 0. The maximum atomic E-state index is 2.48. The van der Waals surface area contributed by atoms with E-state index in [1.165, 1.54) is 70.6 Å². The molecule has 17 heavy (non-hydrogen) atoms. The van der Waals surface area contributed by atoms with Crippen molar-refractivity contribution in [2.75, 3.05) is 0 Å². The first-order valence-electron chi connectivity index (χ1n) is 7.99. The van der Waals surface area contributed by atoms with E-state index in [4.69, 9.17) is 0 Å². The lowest BCUT2D eigenvalue weighted by molar-refractivity contribution is 0.249. The quantitative estimate of drug-likeness (QED) is 0.352. The van der Waals surface area contributed by atoms with Gasteiger partial charge in [0.25, 0.3) is 0 Å². The third-order valence-corrected chi connectivity index (χ3v) is 4.38. The Morgan fingerprint density at radius 3 is 2.29 bits per heavy atom. The molecule has 1 saturated carbocycles. The molecule has 0 spiro atoms. The molecule has 0 aromatic heterocycles. The van der Waals surface area contributed by atoms with Gasteiger partial charge in [-0.1, -0.05) is 77.4 Å². The molecule has 0 aliphatic heterocycles. The normalized spacial score (nSPS) is 19.9. The molecule has 0 amide bonds. The van der Waals surface area contributed by atoms with Gasteiger partial charge in [-0.2, -0.15) is 0 Å². The first-order chi connectivity index (χ1) is 8.34. The molecule has 1 aliphatic rings. The van der Waals surface area contributed by atoms with Crippen LogP contribution in [0.15, 0.2) is 12.2 Å². The summed E-state index contributed by atoms with van der Waals surface area (Å²) in [6.07, 6.45) is 20.4. The molecule has 1 rings (SSSR count). The van der Waals surface area contributed by atoms with Crippen molar-refractivity contribution >= 4 is 0 Å². The molecule has 1 fully saturated rings. The lowest BCUT2D eigenvalue weighted by Gasteiger charge is -2.27. The number of unbranched alkanes of at least 4 members (excludes halogenated alkanes) is 3. The zero-order valence-electron chi connectivity index (χ0n) is 12.1. The Morgan fingerprint density at radius 2 is 1.65 bits per heavy atom. The van der Waals surface area contributed by atoms with Gasteiger partial charge in [0, 0.05) is 0 Å². The van der Waals surface area contributed by atoms with Crippen molar-refractivity contribution in [2.24, 2.45) is 11.8 Å². The van der Waals surface area contributed by atoms with Crippen molar-refractivity contribution in [3.8, 4) is 0 Å². The highest BCUT2D eigenvalue weighted by Crippen LogP contribution is 2.32. The number of allylic oxidation sites excluding steroid dienone is 2. The van der Waals surface area contributed by atoms with Crippen LogP contribution in [0, 0.1) is 11.8 Å². The lowest BCUT2D eigenvalue weighted by Crippen LogP contribution is -2.15. The minimum atomic E-state index is 0.972. The molecule has 0 heteroatoms. The summed E-state index contributed by atoms with van der Waals surface area (Å²) in [4.78, 5) is 0. The molecule has 0 bridgehead atoms. The minimum absolute atomic E-state index is 0.972. The van der Waals surface area contributed by atoms with Crippen molar-refractivity contribution in [3.63, 3.8) is 0 Å². The van der Waals surface area contributed by atoms with E-state index in [0.717, 1.165) is 11.8 Å². The second-order valence-electron chi connectivity index (χ2n) is 5.92. The van der Waals surface area contributed by atoms with Gasteiger partial charge in [-0.05, 0) is 31.1 Å². The number of hydrogen-bond donors (Lipinski definition) is 0.